The van der Waals surface area contributed by atoms with Crippen LogP contribution in [0.15, 0.2) is 25.3 Å². The lowest BCUT2D eigenvalue weighted by atomic mass is 9.70. The van der Waals surface area contributed by atoms with Crippen LogP contribution >= 0.6 is 0 Å². The lowest BCUT2D eigenvalue weighted by molar-refractivity contribution is -0.155. The maximum Gasteiger partial charge on any atom is 0.312 e. The minimum atomic E-state index is -1.06. The van der Waals surface area contributed by atoms with Crippen LogP contribution in [0.3, 0.4) is 0 Å². The third-order valence-electron chi connectivity index (χ3n) is 7.88. The molecular weight excluding hydrogens is 466 g/mol. The van der Waals surface area contributed by atoms with E-state index < -0.39 is 35.6 Å². The lowest BCUT2D eigenvalue weighted by Gasteiger charge is -2.37. The summed E-state index contributed by atoms with van der Waals surface area (Å²) in [5, 5.41) is 9.48. The molecule has 0 aromatic heterocycles. The van der Waals surface area contributed by atoms with Crippen molar-refractivity contribution < 1.29 is 33.7 Å². The van der Waals surface area contributed by atoms with E-state index in [1.165, 1.54) is 0 Å². The maximum absolute atomic E-state index is 14.1. The fourth-order valence-corrected chi connectivity index (χ4v) is 6.23. The lowest BCUT2D eigenvalue weighted by Crippen LogP contribution is -2.57. The number of aliphatic hydroxyl groups is 1. The van der Waals surface area contributed by atoms with Gasteiger partial charge in [-0.15, -0.1) is 13.2 Å². The van der Waals surface area contributed by atoms with E-state index >= 15 is 0 Å². The molecule has 2 bridgehead atoms. The highest BCUT2D eigenvalue weighted by molar-refractivity contribution is 5.98. The van der Waals surface area contributed by atoms with E-state index in [9.17, 15) is 19.5 Å². The molecule has 4 heterocycles. The third-order valence-corrected chi connectivity index (χ3v) is 7.88. The summed E-state index contributed by atoms with van der Waals surface area (Å²) in [7, 11) is 0. The molecule has 4 saturated heterocycles. The number of aliphatic hydroxyl groups excluding tert-OH is 1. The molecule has 4 aliphatic rings. The first-order valence-corrected chi connectivity index (χ1v) is 13.0. The number of nitrogens with zero attached hydrogens (tertiary/aromatic N) is 3. The van der Waals surface area contributed by atoms with Crippen LogP contribution < -0.4 is 0 Å². The number of carbonyl (C=O) groups excluding carboxylic acids is 3. The normalized spacial score (nSPS) is 31.4. The highest BCUT2D eigenvalue weighted by Crippen LogP contribution is 2.58. The van der Waals surface area contributed by atoms with E-state index in [2.05, 4.69) is 18.1 Å². The summed E-state index contributed by atoms with van der Waals surface area (Å²) in [5.41, 5.74) is -1.06. The summed E-state index contributed by atoms with van der Waals surface area (Å²) in [5.74, 6) is -2.40. The van der Waals surface area contributed by atoms with Gasteiger partial charge in [-0.05, 0) is 25.7 Å². The van der Waals surface area contributed by atoms with E-state index in [4.69, 9.17) is 14.2 Å². The summed E-state index contributed by atoms with van der Waals surface area (Å²) in [4.78, 5) is 46.4. The Kier molecular flexibility index (Phi) is 8.82. The Hall–Kier alpha value is -2.27. The van der Waals surface area contributed by atoms with Crippen molar-refractivity contribution in [2.24, 2.45) is 11.8 Å². The standard InChI is InChI=1S/C26H39N3O7/c1-3-5-16-35-25(33)20-19-7-8-26(36-19)21(20)23(31)29(10-6-15-30)22(26)24(32)28(9-4-2)12-11-27-13-17-34-18-14-27/h3-4,19-22,30H,1-2,5-18H2/t19-,20+,21+,22?,26?/m1/s1. The van der Waals surface area contributed by atoms with Gasteiger partial charge in [0, 0.05) is 45.9 Å². The van der Waals surface area contributed by atoms with Gasteiger partial charge in [0.25, 0.3) is 0 Å². The van der Waals surface area contributed by atoms with Crippen LogP contribution in [0.2, 0.25) is 0 Å². The molecule has 4 rings (SSSR count). The summed E-state index contributed by atoms with van der Waals surface area (Å²) in [6.07, 6.45) is 4.91. The molecule has 0 aromatic carbocycles. The molecule has 4 aliphatic heterocycles. The van der Waals surface area contributed by atoms with Gasteiger partial charge in [0.1, 0.15) is 11.6 Å². The molecule has 1 N–H and O–H groups in total. The van der Waals surface area contributed by atoms with Gasteiger partial charge in [0.15, 0.2) is 0 Å². The predicted octanol–water partition coefficient (Wildman–Crippen LogP) is 0.210. The van der Waals surface area contributed by atoms with Crippen molar-refractivity contribution in [2.75, 3.05) is 65.7 Å². The number of hydrogen-bond acceptors (Lipinski definition) is 8. The number of amides is 2. The average molecular weight is 506 g/mol. The number of ether oxygens (including phenoxy) is 3. The smallest absolute Gasteiger partial charge is 0.312 e. The van der Waals surface area contributed by atoms with Gasteiger partial charge in [-0.1, -0.05) is 12.2 Å². The minimum Gasteiger partial charge on any atom is -0.465 e. The summed E-state index contributed by atoms with van der Waals surface area (Å²) < 4.78 is 17.3. The monoisotopic (exact) mass is 505 g/mol. The Labute approximate surface area is 212 Å². The van der Waals surface area contributed by atoms with Crippen molar-refractivity contribution in [3.8, 4) is 0 Å². The van der Waals surface area contributed by atoms with E-state index in [0.29, 0.717) is 58.5 Å². The van der Waals surface area contributed by atoms with Crippen LogP contribution in [-0.4, -0.2) is 121 Å². The van der Waals surface area contributed by atoms with E-state index in [-0.39, 0.29) is 31.6 Å². The second-order valence-electron chi connectivity index (χ2n) is 9.94. The summed E-state index contributed by atoms with van der Waals surface area (Å²) in [6.45, 7) is 12.3. The van der Waals surface area contributed by atoms with Crippen molar-refractivity contribution in [1.82, 2.24) is 14.7 Å². The number of hydrogen-bond donors (Lipinski definition) is 1. The Morgan fingerprint density at radius 3 is 2.69 bits per heavy atom. The van der Waals surface area contributed by atoms with Gasteiger partial charge >= 0.3 is 5.97 Å². The molecule has 5 atom stereocenters. The van der Waals surface area contributed by atoms with Gasteiger partial charge in [-0.2, -0.15) is 0 Å². The van der Waals surface area contributed by atoms with E-state index in [1.807, 2.05) is 0 Å². The van der Waals surface area contributed by atoms with Crippen LogP contribution in [-0.2, 0) is 28.6 Å². The maximum atomic E-state index is 14.1. The molecule has 0 aromatic rings. The zero-order valence-corrected chi connectivity index (χ0v) is 21.0. The van der Waals surface area contributed by atoms with Crippen LogP contribution in [0.4, 0.5) is 0 Å². The van der Waals surface area contributed by atoms with Crippen LogP contribution in [0.5, 0.6) is 0 Å². The molecule has 2 unspecified atom stereocenters. The number of esters is 1. The van der Waals surface area contributed by atoms with Crippen molar-refractivity contribution >= 4 is 17.8 Å². The topological polar surface area (TPSA) is 109 Å². The zero-order valence-electron chi connectivity index (χ0n) is 21.0. The number of rotatable bonds is 13. The van der Waals surface area contributed by atoms with Gasteiger partial charge in [0.2, 0.25) is 11.8 Å². The second-order valence-corrected chi connectivity index (χ2v) is 9.94. The van der Waals surface area contributed by atoms with Gasteiger partial charge in [-0.3, -0.25) is 19.3 Å². The average Bonchev–Trinajstić information content (AvgIpc) is 3.53. The largest absolute Gasteiger partial charge is 0.465 e. The van der Waals surface area contributed by atoms with Crippen molar-refractivity contribution in [3.05, 3.63) is 25.3 Å². The van der Waals surface area contributed by atoms with Crippen LogP contribution in [0.1, 0.15) is 25.7 Å². The highest BCUT2D eigenvalue weighted by atomic mass is 16.6. The molecule has 10 nitrogen and oxygen atoms in total. The first kappa shape index (κ1) is 26.8. The van der Waals surface area contributed by atoms with E-state index in [0.717, 1.165) is 13.1 Å². The molecule has 10 heteroatoms. The molecule has 1 spiro atoms. The quantitative estimate of drug-likeness (QED) is 0.215. The Bertz CT molecular complexity index is 845. The first-order valence-electron chi connectivity index (χ1n) is 13.0. The number of fused-ring (bicyclic) bond motifs is 1. The number of morpholine rings is 1. The zero-order chi connectivity index (χ0) is 25.7. The van der Waals surface area contributed by atoms with Crippen molar-refractivity contribution in [1.29, 1.82) is 0 Å². The third kappa shape index (κ3) is 4.96. The molecule has 0 saturated carbocycles. The first-order chi connectivity index (χ1) is 17.5. The van der Waals surface area contributed by atoms with Crippen LogP contribution in [0.25, 0.3) is 0 Å². The Balaban J connectivity index is 1.58. The van der Waals surface area contributed by atoms with Crippen LogP contribution in [0, 0.1) is 11.8 Å². The van der Waals surface area contributed by atoms with E-state index in [1.54, 1.807) is 22.0 Å². The Morgan fingerprint density at radius 1 is 1.22 bits per heavy atom. The number of likely N-dealkylation sites (tertiary alicyclic amines) is 1. The predicted molar refractivity (Wildman–Crippen MR) is 131 cm³/mol. The highest BCUT2D eigenvalue weighted by Gasteiger charge is 2.75. The van der Waals surface area contributed by atoms with Gasteiger partial charge < -0.3 is 29.1 Å². The van der Waals surface area contributed by atoms with Crippen molar-refractivity contribution in [2.45, 2.75) is 43.4 Å². The Morgan fingerprint density at radius 2 is 2.00 bits per heavy atom. The minimum absolute atomic E-state index is 0.105. The van der Waals surface area contributed by atoms with Gasteiger partial charge in [-0.25, -0.2) is 0 Å². The summed E-state index contributed by atoms with van der Waals surface area (Å²) in [6, 6.07) is -0.845. The molecule has 4 fully saturated rings. The summed E-state index contributed by atoms with van der Waals surface area (Å²) >= 11 is 0. The molecule has 200 valence electrons. The fraction of sp³-hybridized carbons (Fsp3) is 0.731. The molecular formula is C26H39N3O7. The molecule has 36 heavy (non-hydrogen) atoms. The fourth-order valence-electron chi connectivity index (χ4n) is 6.23. The molecule has 0 aliphatic carbocycles. The van der Waals surface area contributed by atoms with Crippen molar-refractivity contribution in [3.63, 3.8) is 0 Å². The molecule has 0 radical (unpaired) electrons. The molecule has 2 amide bonds. The number of carbonyl (C=O) groups is 3. The second kappa shape index (κ2) is 11.9. The SMILES string of the molecule is C=CCCOC(=O)[C@@H]1[C@H]2C(=O)N(CCCO)C(C(=O)N(CC=C)CCN3CCOCC3)C23CC[C@H]1O3. The van der Waals surface area contributed by atoms with Gasteiger partial charge in [0.05, 0.1) is 37.8 Å².